The van der Waals surface area contributed by atoms with Crippen LogP contribution in [0.5, 0.6) is 0 Å². The van der Waals surface area contributed by atoms with Crippen molar-refractivity contribution in [3.63, 3.8) is 0 Å². The Hall–Kier alpha value is 0.210. The zero-order valence-corrected chi connectivity index (χ0v) is 7.65. The first-order chi connectivity index (χ1) is 4.83. The van der Waals surface area contributed by atoms with Gasteiger partial charge in [-0.05, 0) is 31.7 Å². The van der Waals surface area contributed by atoms with Crippen molar-refractivity contribution in [2.45, 2.75) is 38.2 Å². The minimum Gasteiger partial charge on any atom is -0.393 e. The molecule has 2 nitrogen and oxygen atoms in total. The summed E-state index contributed by atoms with van der Waals surface area (Å²) in [6.45, 7) is 0.775. The second-order valence-electron chi connectivity index (χ2n) is 3.26. The second-order valence-corrected chi connectivity index (χ2v) is 3.26. The molecule has 3 N–H and O–H groups in total. The number of nitrogens with two attached hydrogens (primary N) is 1. The summed E-state index contributed by atoms with van der Waals surface area (Å²) in [6.07, 6.45) is 5.50. The van der Waals surface area contributed by atoms with Crippen molar-refractivity contribution in [2.24, 2.45) is 11.7 Å². The molecule has 11 heavy (non-hydrogen) atoms. The van der Waals surface area contributed by atoms with Crippen LogP contribution in [-0.2, 0) is 0 Å². The van der Waals surface area contributed by atoms with Crippen molar-refractivity contribution in [3.05, 3.63) is 0 Å². The molecule has 0 amide bonds. The van der Waals surface area contributed by atoms with Crippen LogP contribution in [0.1, 0.15) is 32.1 Å². The Bertz CT molecular complexity index is 98.1. The van der Waals surface area contributed by atoms with Gasteiger partial charge in [-0.2, -0.15) is 0 Å². The van der Waals surface area contributed by atoms with Crippen molar-refractivity contribution < 1.29 is 5.11 Å². The fourth-order valence-corrected chi connectivity index (χ4v) is 1.76. The summed E-state index contributed by atoms with van der Waals surface area (Å²) < 4.78 is 0. The van der Waals surface area contributed by atoms with Gasteiger partial charge in [0.25, 0.3) is 0 Å². The van der Waals surface area contributed by atoms with Gasteiger partial charge in [0, 0.05) is 0 Å². The molecule has 0 saturated heterocycles. The van der Waals surface area contributed by atoms with E-state index < -0.39 is 0 Å². The lowest BCUT2D eigenvalue weighted by molar-refractivity contribution is 0.0991. The monoisotopic (exact) mass is 179 g/mol. The normalized spacial score (nSPS) is 31.1. The quantitative estimate of drug-likeness (QED) is 0.672. The van der Waals surface area contributed by atoms with Crippen LogP contribution in [0.25, 0.3) is 0 Å². The summed E-state index contributed by atoms with van der Waals surface area (Å²) in [4.78, 5) is 0. The average molecular weight is 180 g/mol. The number of rotatable bonds is 2. The Balaban J connectivity index is 0.000001000. The van der Waals surface area contributed by atoms with E-state index in [0.29, 0.717) is 5.92 Å². The highest BCUT2D eigenvalue weighted by atomic mass is 35.5. The van der Waals surface area contributed by atoms with E-state index in [1.807, 2.05) is 0 Å². The maximum Gasteiger partial charge on any atom is 0.0542 e. The summed E-state index contributed by atoms with van der Waals surface area (Å²) in [6, 6.07) is 0. The summed E-state index contributed by atoms with van der Waals surface area (Å²) in [5.41, 5.74) is 5.42. The van der Waals surface area contributed by atoms with Gasteiger partial charge in [0.2, 0.25) is 0 Å². The molecule has 2 unspecified atom stereocenters. The number of halogens is 1. The van der Waals surface area contributed by atoms with E-state index in [4.69, 9.17) is 5.73 Å². The van der Waals surface area contributed by atoms with Gasteiger partial charge in [-0.15, -0.1) is 12.4 Å². The van der Waals surface area contributed by atoms with E-state index in [-0.39, 0.29) is 18.5 Å². The van der Waals surface area contributed by atoms with Crippen LogP contribution in [0.2, 0.25) is 0 Å². The third-order valence-electron chi connectivity index (χ3n) is 2.33. The van der Waals surface area contributed by atoms with Gasteiger partial charge >= 0.3 is 0 Å². The molecule has 1 aliphatic rings. The Morgan fingerprint density at radius 3 is 2.64 bits per heavy atom. The molecule has 1 fully saturated rings. The fourth-order valence-electron chi connectivity index (χ4n) is 1.76. The van der Waals surface area contributed by atoms with Crippen molar-refractivity contribution in [2.75, 3.05) is 6.54 Å². The van der Waals surface area contributed by atoms with Crippen LogP contribution >= 0.6 is 12.4 Å². The van der Waals surface area contributed by atoms with Crippen molar-refractivity contribution in [3.8, 4) is 0 Å². The molecule has 0 aromatic carbocycles. The summed E-state index contributed by atoms with van der Waals surface area (Å²) in [7, 11) is 0. The zero-order valence-electron chi connectivity index (χ0n) is 6.83. The van der Waals surface area contributed by atoms with Crippen LogP contribution in [0.3, 0.4) is 0 Å². The number of aliphatic hydroxyl groups is 1. The summed E-state index contributed by atoms with van der Waals surface area (Å²) >= 11 is 0. The van der Waals surface area contributed by atoms with Gasteiger partial charge in [0.15, 0.2) is 0 Å². The first-order valence-electron chi connectivity index (χ1n) is 4.21. The van der Waals surface area contributed by atoms with E-state index in [1.165, 1.54) is 12.8 Å². The lowest BCUT2D eigenvalue weighted by atomic mass is 9.85. The molecule has 0 heterocycles. The first kappa shape index (κ1) is 11.2. The number of hydrogen-bond acceptors (Lipinski definition) is 2. The molecular weight excluding hydrogens is 162 g/mol. The van der Waals surface area contributed by atoms with Gasteiger partial charge in [-0.3, -0.25) is 0 Å². The van der Waals surface area contributed by atoms with Gasteiger partial charge in [0.1, 0.15) is 0 Å². The molecule has 0 bridgehead atoms. The molecular formula is C8H18ClNO. The van der Waals surface area contributed by atoms with Crippen LogP contribution in [0.4, 0.5) is 0 Å². The van der Waals surface area contributed by atoms with Crippen molar-refractivity contribution >= 4 is 12.4 Å². The smallest absolute Gasteiger partial charge is 0.0542 e. The number of hydrogen-bond donors (Lipinski definition) is 2. The Kier molecular flexibility index (Phi) is 5.92. The summed E-state index contributed by atoms with van der Waals surface area (Å²) in [5, 5.41) is 9.27. The predicted octanol–water partition coefficient (Wildman–Crippen LogP) is 1.31. The largest absolute Gasteiger partial charge is 0.393 e. The predicted molar refractivity (Wildman–Crippen MR) is 48.9 cm³/mol. The minimum absolute atomic E-state index is 0. The highest BCUT2D eigenvalue weighted by Crippen LogP contribution is 2.25. The van der Waals surface area contributed by atoms with E-state index in [0.717, 1.165) is 25.8 Å². The molecule has 0 aliphatic heterocycles. The molecule has 68 valence electrons. The molecule has 0 aromatic rings. The van der Waals surface area contributed by atoms with Gasteiger partial charge in [0.05, 0.1) is 6.10 Å². The van der Waals surface area contributed by atoms with E-state index >= 15 is 0 Å². The van der Waals surface area contributed by atoms with Crippen LogP contribution < -0.4 is 5.73 Å². The van der Waals surface area contributed by atoms with Crippen molar-refractivity contribution in [1.29, 1.82) is 0 Å². The Morgan fingerprint density at radius 1 is 1.36 bits per heavy atom. The molecule has 0 spiro atoms. The molecule has 2 atom stereocenters. The van der Waals surface area contributed by atoms with Gasteiger partial charge in [-0.1, -0.05) is 12.8 Å². The highest BCUT2D eigenvalue weighted by Gasteiger charge is 2.18. The van der Waals surface area contributed by atoms with Crippen LogP contribution in [0, 0.1) is 5.92 Å². The third kappa shape index (κ3) is 3.94. The molecule has 1 rings (SSSR count). The standard InChI is InChI=1S/C8H17NO.ClH/c9-5-4-7-2-1-3-8(10)6-7;/h7-8,10H,1-6,9H2;1H. The number of aliphatic hydroxyl groups excluding tert-OH is 1. The zero-order chi connectivity index (χ0) is 7.40. The lowest BCUT2D eigenvalue weighted by Gasteiger charge is -2.25. The molecule has 1 saturated carbocycles. The maximum atomic E-state index is 9.27. The van der Waals surface area contributed by atoms with E-state index in [2.05, 4.69) is 0 Å². The average Bonchev–Trinajstić information content (AvgIpc) is 1.88. The Morgan fingerprint density at radius 2 is 2.09 bits per heavy atom. The first-order valence-corrected chi connectivity index (χ1v) is 4.21. The summed E-state index contributed by atoms with van der Waals surface area (Å²) in [5.74, 6) is 0.703. The SMILES string of the molecule is Cl.NCCC1CCCC(O)C1. The highest BCUT2D eigenvalue weighted by molar-refractivity contribution is 5.85. The maximum absolute atomic E-state index is 9.27. The Labute approximate surface area is 74.6 Å². The molecule has 3 heteroatoms. The van der Waals surface area contributed by atoms with Crippen LogP contribution in [-0.4, -0.2) is 17.8 Å². The van der Waals surface area contributed by atoms with Crippen LogP contribution in [0.15, 0.2) is 0 Å². The second kappa shape index (κ2) is 5.81. The van der Waals surface area contributed by atoms with E-state index in [1.54, 1.807) is 0 Å². The van der Waals surface area contributed by atoms with Gasteiger partial charge < -0.3 is 10.8 Å². The topological polar surface area (TPSA) is 46.2 Å². The molecule has 0 aromatic heterocycles. The van der Waals surface area contributed by atoms with E-state index in [9.17, 15) is 5.11 Å². The lowest BCUT2D eigenvalue weighted by Crippen LogP contribution is -2.21. The third-order valence-corrected chi connectivity index (χ3v) is 2.33. The van der Waals surface area contributed by atoms with Gasteiger partial charge in [-0.25, -0.2) is 0 Å². The fraction of sp³-hybridized carbons (Fsp3) is 1.00. The minimum atomic E-state index is -0.0368. The molecule has 1 aliphatic carbocycles. The van der Waals surface area contributed by atoms with Crippen molar-refractivity contribution in [1.82, 2.24) is 0 Å². The molecule has 0 radical (unpaired) electrons.